The Morgan fingerprint density at radius 1 is 1.32 bits per heavy atom. The third-order valence-electron chi connectivity index (χ3n) is 3.40. The molecule has 2 rings (SSSR count). The maximum atomic E-state index is 12.0. The van der Waals surface area contributed by atoms with Crippen molar-refractivity contribution in [3.8, 4) is 5.75 Å². The summed E-state index contributed by atoms with van der Waals surface area (Å²) in [5.41, 5.74) is 0.738. The fourth-order valence-electron chi connectivity index (χ4n) is 2.37. The average molecular weight is 315 g/mol. The van der Waals surface area contributed by atoms with Crippen molar-refractivity contribution in [1.82, 2.24) is 4.90 Å². The van der Waals surface area contributed by atoms with Crippen LogP contribution in [0.5, 0.6) is 5.75 Å². The Kier molecular flexibility index (Phi) is 4.95. The minimum Gasteiger partial charge on any atom is -0.465 e. The van der Waals surface area contributed by atoms with E-state index in [0.717, 1.165) is 18.4 Å². The number of piperidine rings is 1. The maximum Gasteiger partial charge on any atom is 0.573 e. The molecule has 1 heterocycles. The summed E-state index contributed by atoms with van der Waals surface area (Å²) in [6.07, 6.45) is -0.233. The Hall–Kier alpha value is -2.18. The van der Waals surface area contributed by atoms with Crippen LogP contribution in [0.1, 0.15) is 18.4 Å². The number of benzene rings is 1. The van der Waals surface area contributed by atoms with Gasteiger partial charge in [-0.05, 0) is 36.5 Å². The van der Waals surface area contributed by atoms with Crippen LogP contribution >= 0.6 is 0 Å². The van der Waals surface area contributed by atoms with Gasteiger partial charge >= 0.3 is 12.5 Å². The monoisotopic (exact) mass is 315 g/mol. The van der Waals surface area contributed by atoms with Gasteiger partial charge in [-0.15, -0.1) is 13.2 Å². The second-order valence-electron chi connectivity index (χ2n) is 5.11. The lowest BCUT2D eigenvalue weighted by Crippen LogP contribution is -2.38. The summed E-state index contributed by atoms with van der Waals surface area (Å²) in [6, 6.07) is 5.54. The van der Waals surface area contributed by atoms with Gasteiger partial charge in [0.15, 0.2) is 0 Å². The molecule has 1 saturated heterocycles. The largest absolute Gasteiger partial charge is 0.573 e. The van der Waals surface area contributed by atoms with Gasteiger partial charge < -0.3 is 14.7 Å². The van der Waals surface area contributed by atoms with E-state index in [1.165, 1.54) is 29.2 Å². The lowest BCUT2D eigenvalue weighted by atomic mass is 9.97. The minimum absolute atomic E-state index is 0.121. The van der Waals surface area contributed by atoms with Crippen LogP contribution in [0.3, 0.4) is 0 Å². The molecular weight excluding hydrogens is 299 g/mol. The van der Waals surface area contributed by atoms with Crippen LogP contribution in [-0.2, 0) is 0 Å². The number of carbonyl (C=O) groups is 1. The standard InChI is InChI=1S/C15H16F3NO3/c16-15(17,18)22-13-7-5-11(6-8-13)3-4-12-2-1-9-19(10-12)14(20)21/h3-8,12H,1-2,9-10H2,(H,20,21)/b4-3+. The molecule has 1 atom stereocenters. The van der Waals surface area contributed by atoms with Crippen molar-refractivity contribution in [2.24, 2.45) is 5.92 Å². The third-order valence-corrected chi connectivity index (χ3v) is 3.40. The summed E-state index contributed by atoms with van der Waals surface area (Å²) >= 11 is 0. The third kappa shape index (κ3) is 4.98. The molecule has 1 unspecified atom stereocenters. The van der Waals surface area contributed by atoms with Crippen LogP contribution in [-0.4, -0.2) is 35.6 Å². The Balaban J connectivity index is 1.94. The molecule has 0 spiro atoms. The summed E-state index contributed by atoms with van der Waals surface area (Å²) in [7, 11) is 0. The van der Waals surface area contributed by atoms with Crippen molar-refractivity contribution < 1.29 is 27.8 Å². The molecule has 1 aliphatic heterocycles. The topological polar surface area (TPSA) is 49.8 Å². The van der Waals surface area contributed by atoms with Crippen LogP contribution in [0.2, 0.25) is 0 Å². The second-order valence-corrected chi connectivity index (χ2v) is 5.11. The molecule has 0 aromatic heterocycles. The fourth-order valence-corrected chi connectivity index (χ4v) is 2.37. The highest BCUT2D eigenvalue weighted by Crippen LogP contribution is 2.24. The number of alkyl halides is 3. The molecular formula is C15H16F3NO3. The summed E-state index contributed by atoms with van der Waals surface area (Å²) in [4.78, 5) is 12.3. The molecule has 0 aliphatic carbocycles. The molecule has 1 aromatic carbocycles. The van der Waals surface area contributed by atoms with Gasteiger partial charge in [0.05, 0.1) is 0 Å². The van der Waals surface area contributed by atoms with E-state index >= 15 is 0 Å². The predicted octanol–water partition coefficient (Wildman–Crippen LogP) is 3.99. The number of amides is 1. The first-order chi connectivity index (χ1) is 10.3. The number of likely N-dealkylation sites (tertiary alicyclic amines) is 1. The van der Waals surface area contributed by atoms with Crippen LogP contribution < -0.4 is 4.74 Å². The van der Waals surface area contributed by atoms with E-state index in [0.29, 0.717) is 13.1 Å². The molecule has 1 aromatic rings. The van der Waals surface area contributed by atoms with Crippen LogP contribution in [0, 0.1) is 5.92 Å². The maximum absolute atomic E-state index is 12.0. The summed E-state index contributed by atoms with van der Waals surface area (Å²) in [5, 5.41) is 8.96. The van der Waals surface area contributed by atoms with Crippen molar-refractivity contribution in [2.75, 3.05) is 13.1 Å². The molecule has 0 radical (unpaired) electrons. The number of hydrogen-bond donors (Lipinski definition) is 1. The normalized spacial score (nSPS) is 19.4. The van der Waals surface area contributed by atoms with Crippen LogP contribution in [0.25, 0.3) is 6.08 Å². The van der Waals surface area contributed by atoms with Gasteiger partial charge in [0.25, 0.3) is 0 Å². The van der Waals surface area contributed by atoms with E-state index in [1.54, 1.807) is 6.08 Å². The highest BCUT2D eigenvalue weighted by Gasteiger charge is 2.30. The molecule has 4 nitrogen and oxygen atoms in total. The number of nitrogens with zero attached hydrogens (tertiary/aromatic N) is 1. The lowest BCUT2D eigenvalue weighted by molar-refractivity contribution is -0.274. The van der Waals surface area contributed by atoms with E-state index in [2.05, 4.69) is 4.74 Å². The van der Waals surface area contributed by atoms with Crippen molar-refractivity contribution in [1.29, 1.82) is 0 Å². The van der Waals surface area contributed by atoms with E-state index < -0.39 is 12.5 Å². The predicted molar refractivity (Wildman–Crippen MR) is 74.5 cm³/mol. The highest BCUT2D eigenvalue weighted by molar-refractivity contribution is 5.65. The van der Waals surface area contributed by atoms with Gasteiger partial charge in [-0.1, -0.05) is 24.3 Å². The first-order valence-corrected chi connectivity index (χ1v) is 6.85. The molecule has 0 bridgehead atoms. The molecule has 120 valence electrons. The highest BCUT2D eigenvalue weighted by atomic mass is 19.4. The Morgan fingerprint density at radius 3 is 2.59 bits per heavy atom. The van der Waals surface area contributed by atoms with Gasteiger partial charge in [-0.3, -0.25) is 0 Å². The van der Waals surface area contributed by atoms with Crippen LogP contribution in [0.15, 0.2) is 30.3 Å². The molecule has 1 N–H and O–H groups in total. The van der Waals surface area contributed by atoms with Gasteiger partial charge in [-0.25, -0.2) is 4.79 Å². The van der Waals surface area contributed by atoms with Gasteiger partial charge in [0.2, 0.25) is 0 Å². The van der Waals surface area contributed by atoms with Crippen molar-refractivity contribution in [3.63, 3.8) is 0 Å². The van der Waals surface area contributed by atoms with Gasteiger partial charge in [0.1, 0.15) is 5.75 Å². The zero-order valence-electron chi connectivity index (χ0n) is 11.7. The summed E-state index contributed by atoms with van der Waals surface area (Å²) < 4.78 is 39.9. The number of ether oxygens (including phenoxy) is 1. The van der Waals surface area contributed by atoms with Gasteiger partial charge in [-0.2, -0.15) is 0 Å². The lowest BCUT2D eigenvalue weighted by Gasteiger charge is -2.28. The fraction of sp³-hybridized carbons (Fsp3) is 0.400. The quantitative estimate of drug-likeness (QED) is 0.917. The SMILES string of the molecule is O=C(O)N1CCCC(/C=C/c2ccc(OC(F)(F)F)cc2)C1. The first kappa shape index (κ1) is 16.2. The zero-order chi connectivity index (χ0) is 16.2. The Bertz CT molecular complexity index is 540. The Morgan fingerprint density at radius 2 is 2.00 bits per heavy atom. The number of carboxylic acid groups (broad SMARTS) is 1. The van der Waals surface area contributed by atoms with E-state index in [9.17, 15) is 18.0 Å². The minimum atomic E-state index is -4.69. The molecule has 7 heteroatoms. The number of hydrogen-bond acceptors (Lipinski definition) is 2. The van der Waals surface area contributed by atoms with Crippen LogP contribution in [0.4, 0.5) is 18.0 Å². The molecule has 1 fully saturated rings. The smallest absolute Gasteiger partial charge is 0.465 e. The van der Waals surface area contributed by atoms with Crippen molar-refractivity contribution in [2.45, 2.75) is 19.2 Å². The van der Waals surface area contributed by atoms with Gasteiger partial charge in [0, 0.05) is 13.1 Å². The molecule has 22 heavy (non-hydrogen) atoms. The van der Waals surface area contributed by atoms with E-state index in [4.69, 9.17) is 5.11 Å². The summed E-state index contributed by atoms with van der Waals surface area (Å²) in [5.74, 6) is -0.143. The molecule has 1 aliphatic rings. The number of rotatable bonds is 3. The molecule has 1 amide bonds. The van der Waals surface area contributed by atoms with Crippen molar-refractivity contribution in [3.05, 3.63) is 35.9 Å². The first-order valence-electron chi connectivity index (χ1n) is 6.85. The van der Waals surface area contributed by atoms with E-state index in [1.807, 2.05) is 6.08 Å². The second kappa shape index (κ2) is 6.72. The molecule has 0 saturated carbocycles. The van der Waals surface area contributed by atoms with E-state index in [-0.39, 0.29) is 11.7 Å². The summed E-state index contributed by atoms with van der Waals surface area (Å²) in [6.45, 7) is 0.990. The number of halogens is 3. The zero-order valence-corrected chi connectivity index (χ0v) is 11.7. The Labute approximate surface area is 125 Å². The average Bonchev–Trinajstić information content (AvgIpc) is 2.45. The van der Waals surface area contributed by atoms with Crippen molar-refractivity contribution >= 4 is 12.2 Å².